The highest BCUT2D eigenvalue weighted by atomic mass is 19.1. The lowest BCUT2D eigenvalue weighted by Gasteiger charge is -2.23. The van der Waals surface area contributed by atoms with E-state index in [9.17, 15) is 14.0 Å². The third kappa shape index (κ3) is 7.07. The zero-order valence-corrected chi connectivity index (χ0v) is 26.2. The van der Waals surface area contributed by atoms with Crippen LogP contribution in [0.25, 0.3) is 33.5 Å². The highest BCUT2D eigenvalue weighted by Crippen LogP contribution is 2.34. The van der Waals surface area contributed by atoms with Gasteiger partial charge in [0, 0.05) is 67.7 Å². The Morgan fingerprint density at radius 3 is 2.34 bits per heavy atom. The molecule has 240 valence electrons. The van der Waals surface area contributed by atoms with Crippen LogP contribution in [0.4, 0.5) is 10.2 Å². The van der Waals surface area contributed by atoms with Crippen LogP contribution in [0, 0.1) is 11.7 Å². The molecule has 9 nitrogen and oxygen atoms in total. The number of halogens is 1. The predicted octanol–water partition coefficient (Wildman–Crippen LogP) is 6.23. The van der Waals surface area contributed by atoms with Gasteiger partial charge in [-0.15, -0.1) is 0 Å². The molecular weight excluding hydrogens is 599 g/mol. The van der Waals surface area contributed by atoms with Gasteiger partial charge in [0.05, 0.1) is 25.5 Å². The van der Waals surface area contributed by atoms with Crippen molar-refractivity contribution >= 4 is 11.6 Å². The first-order valence-electron chi connectivity index (χ1n) is 15.4. The van der Waals surface area contributed by atoms with Gasteiger partial charge in [-0.1, -0.05) is 24.3 Å². The highest BCUT2D eigenvalue weighted by molar-refractivity contribution is 5.98. The summed E-state index contributed by atoms with van der Waals surface area (Å²) in [6.07, 6.45) is 8.47. The number of pyridine rings is 3. The fourth-order valence-corrected chi connectivity index (χ4v) is 5.82. The lowest BCUT2D eigenvalue weighted by Crippen LogP contribution is -2.25. The molecule has 2 aromatic carbocycles. The second-order valence-electron chi connectivity index (χ2n) is 11.6. The number of anilines is 1. The van der Waals surface area contributed by atoms with Crippen molar-refractivity contribution in [1.82, 2.24) is 14.5 Å². The summed E-state index contributed by atoms with van der Waals surface area (Å²) >= 11 is 0. The molecule has 47 heavy (non-hydrogen) atoms. The standard InChI is InChI=1S/C37H35FN4O5/c1-45-34-10-6-26(17-35(34)46-2)27-16-29(37(39)41-19-27)32-9-3-24(18-40-32)15-33(43)31-22-42(20-23-11-13-47-14-12-23)21-30(36(31)44)25-4-7-28(38)8-5-25/h3-10,16-19,21-23H,11-15,20H2,1-2H3,(H2,39,41). The maximum atomic E-state index is 13.7. The number of hydrogen-bond donors (Lipinski definition) is 1. The minimum Gasteiger partial charge on any atom is -0.493 e. The third-order valence-electron chi connectivity index (χ3n) is 8.45. The Labute approximate surface area is 271 Å². The van der Waals surface area contributed by atoms with Crippen molar-refractivity contribution < 1.29 is 23.4 Å². The van der Waals surface area contributed by atoms with E-state index in [1.54, 1.807) is 63.3 Å². The number of ketones is 1. The molecule has 5 aromatic rings. The van der Waals surface area contributed by atoms with Crippen molar-refractivity contribution in [3.8, 4) is 45.0 Å². The molecule has 10 heteroatoms. The number of carbonyl (C=O) groups is 1. The summed E-state index contributed by atoms with van der Waals surface area (Å²) in [7, 11) is 3.16. The summed E-state index contributed by atoms with van der Waals surface area (Å²) in [5.41, 5.74) is 10.4. The van der Waals surface area contributed by atoms with Crippen LogP contribution >= 0.6 is 0 Å². The first-order valence-corrected chi connectivity index (χ1v) is 15.4. The number of carbonyl (C=O) groups excluding carboxylic acids is 1. The molecule has 0 radical (unpaired) electrons. The van der Waals surface area contributed by atoms with Gasteiger partial charge in [0.2, 0.25) is 0 Å². The van der Waals surface area contributed by atoms with Gasteiger partial charge in [-0.3, -0.25) is 14.6 Å². The fourth-order valence-electron chi connectivity index (χ4n) is 5.82. The van der Waals surface area contributed by atoms with E-state index in [1.807, 2.05) is 28.8 Å². The van der Waals surface area contributed by atoms with Gasteiger partial charge >= 0.3 is 0 Å². The van der Waals surface area contributed by atoms with Crippen molar-refractivity contribution in [3.05, 3.63) is 113 Å². The first kappa shape index (κ1) is 31.6. The van der Waals surface area contributed by atoms with Crippen LogP contribution in [-0.4, -0.2) is 47.8 Å². The Morgan fingerprint density at radius 1 is 0.894 bits per heavy atom. The molecule has 4 heterocycles. The number of ether oxygens (including phenoxy) is 3. The van der Waals surface area contributed by atoms with Gasteiger partial charge in [0.1, 0.15) is 11.6 Å². The Kier molecular flexibility index (Phi) is 9.40. The molecule has 0 aliphatic carbocycles. The molecule has 0 saturated carbocycles. The van der Waals surface area contributed by atoms with Crippen LogP contribution in [-0.2, 0) is 17.7 Å². The Morgan fingerprint density at radius 2 is 1.64 bits per heavy atom. The Balaban J connectivity index is 1.26. The number of nitrogens with two attached hydrogens (primary N) is 1. The highest BCUT2D eigenvalue weighted by Gasteiger charge is 2.20. The van der Waals surface area contributed by atoms with E-state index in [0.29, 0.717) is 70.9 Å². The molecule has 3 aromatic heterocycles. The van der Waals surface area contributed by atoms with E-state index in [4.69, 9.17) is 19.9 Å². The zero-order valence-electron chi connectivity index (χ0n) is 26.2. The van der Waals surface area contributed by atoms with E-state index >= 15 is 0 Å². The molecular formula is C37H35FN4O5. The van der Waals surface area contributed by atoms with E-state index in [0.717, 1.165) is 24.0 Å². The Hall–Kier alpha value is -5.35. The summed E-state index contributed by atoms with van der Waals surface area (Å²) < 4.78 is 31.9. The van der Waals surface area contributed by atoms with E-state index in [2.05, 4.69) is 9.97 Å². The monoisotopic (exact) mass is 634 g/mol. The van der Waals surface area contributed by atoms with Crippen molar-refractivity contribution in [1.29, 1.82) is 0 Å². The average Bonchev–Trinajstić information content (AvgIpc) is 3.10. The third-order valence-corrected chi connectivity index (χ3v) is 8.45. The van der Waals surface area contributed by atoms with Crippen LogP contribution in [0.5, 0.6) is 11.5 Å². The summed E-state index contributed by atoms with van der Waals surface area (Å²) in [6, 6.07) is 16.8. The average molecular weight is 635 g/mol. The summed E-state index contributed by atoms with van der Waals surface area (Å²) in [6.45, 7) is 2.02. The number of aromatic nitrogens is 3. The smallest absolute Gasteiger partial charge is 0.200 e. The molecule has 2 N–H and O–H groups in total. The zero-order chi connectivity index (χ0) is 32.9. The SMILES string of the molecule is COc1ccc(-c2cnc(N)c(-c3ccc(CC(=O)c4cn(CC5CCOCC5)cc(-c5ccc(F)cc5)c4=O)cn3)c2)cc1OC. The molecule has 1 fully saturated rings. The van der Waals surface area contributed by atoms with Crippen molar-refractivity contribution in [2.45, 2.75) is 25.8 Å². The quantitative estimate of drug-likeness (QED) is 0.180. The molecule has 6 rings (SSSR count). The normalized spacial score (nSPS) is 13.3. The van der Waals surface area contributed by atoms with Crippen LogP contribution in [0.1, 0.15) is 28.8 Å². The van der Waals surface area contributed by atoms with Gasteiger partial charge < -0.3 is 24.5 Å². The van der Waals surface area contributed by atoms with Crippen molar-refractivity contribution in [2.75, 3.05) is 33.2 Å². The fraction of sp³-hybridized carbons (Fsp3) is 0.243. The maximum absolute atomic E-state index is 13.7. The van der Waals surface area contributed by atoms with Crippen molar-refractivity contribution in [2.24, 2.45) is 5.92 Å². The van der Waals surface area contributed by atoms with E-state index in [-0.39, 0.29) is 23.2 Å². The van der Waals surface area contributed by atoms with E-state index < -0.39 is 5.82 Å². The first-order chi connectivity index (χ1) is 22.8. The number of benzene rings is 2. The number of rotatable bonds is 10. The van der Waals surface area contributed by atoms with Gasteiger partial charge in [-0.2, -0.15) is 0 Å². The second-order valence-corrected chi connectivity index (χ2v) is 11.6. The summed E-state index contributed by atoms with van der Waals surface area (Å²) in [4.78, 5) is 36.3. The van der Waals surface area contributed by atoms with Gasteiger partial charge in [0.15, 0.2) is 22.7 Å². The van der Waals surface area contributed by atoms with Crippen LogP contribution in [0.15, 0.2) is 90.2 Å². The second kappa shape index (κ2) is 14.0. The van der Waals surface area contributed by atoms with Gasteiger partial charge in [0.25, 0.3) is 0 Å². The molecule has 1 aliphatic rings. The van der Waals surface area contributed by atoms with E-state index in [1.165, 1.54) is 12.1 Å². The Bertz CT molecular complexity index is 1950. The molecule has 1 aliphatic heterocycles. The molecule has 0 unspecified atom stereocenters. The maximum Gasteiger partial charge on any atom is 0.200 e. The number of methoxy groups -OCH3 is 2. The van der Waals surface area contributed by atoms with Crippen LogP contribution < -0.4 is 20.6 Å². The minimum absolute atomic E-state index is 0.0218. The molecule has 0 amide bonds. The lowest BCUT2D eigenvalue weighted by molar-refractivity contribution is 0.0612. The predicted molar refractivity (Wildman–Crippen MR) is 178 cm³/mol. The molecule has 0 spiro atoms. The number of hydrogen-bond acceptors (Lipinski definition) is 8. The summed E-state index contributed by atoms with van der Waals surface area (Å²) in [5.74, 6) is 1.16. The number of nitrogen functional groups attached to an aromatic ring is 1. The van der Waals surface area contributed by atoms with Crippen LogP contribution in [0.2, 0.25) is 0 Å². The molecule has 0 bridgehead atoms. The number of nitrogens with zero attached hydrogens (tertiary/aromatic N) is 3. The minimum atomic E-state index is -0.398. The van der Waals surface area contributed by atoms with Gasteiger partial charge in [-0.25, -0.2) is 9.37 Å². The molecule has 1 saturated heterocycles. The number of Topliss-reactive ketones (excluding diaryl/α,β-unsaturated/α-hetero) is 1. The topological polar surface area (TPSA) is 119 Å². The lowest BCUT2D eigenvalue weighted by atomic mass is 9.98. The molecule has 0 atom stereocenters. The van der Waals surface area contributed by atoms with Crippen molar-refractivity contribution in [3.63, 3.8) is 0 Å². The summed E-state index contributed by atoms with van der Waals surface area (Å²) in [5, 5.41) is 0. The van der Waals surface area contributed by atoms with Gasteiger partial charge in [-0.05, 0) is 71.8 Å². The van der Waals surface area contributed by atoms with Crippen LogP contribution in [0.3, 0.4) is 0 Å². The largest absolute Gasteiger partial charge is 0.493 e.